The molecule has 0 aromatic rings. The minimum Gasteiger partial charge on any atom is -0.315 e. The molecule has 1 rings (SSSR count). The van der Waals surface area contributed by atoms with E-state index in [0.29, 0.717) is 0 Å². The van der Waals surface area contributed by atoms with E-state index >= 15 is 0 Å². The van der Waals surface area contributed by atoms with Crippen LogP contribution in [0.3, 0.4) is 0 Å². The first-order valence-corrected chi connectivity index (χ1v) is 2.65. The van der Waals surface area contributed by atoms with Crippen LogP contribution in [0.25, 0.3) is 0 Å². The highest BCUT2D eigenvalue weighted by Gasteiger charge is 1.96. The lowest BCUT2D eigenvalue weighted by molar-refractivity contribution is 0.404. The average Bonchev–Trinajstić information content (AvgIpc) is 1.76. The predicted octanol–water partition coefficient (Wildman–Crippen LogP) is 1.17. The van der Waals surface area contributed by atoms with Crippen molar-refractivity contribution in [2.45, 2.75) is 6.42 Å². The fourth-order valence-corrected chi connectivity index (χ4v) is 0.884. The Morgan fingerprint density at radius 3 is 2.50 bits per heavy atom. The Kier molecular flexibility index (Phi) is 4.26. The second-order valence-electron chi connectivity index (χ2n) is 0.998. The van der Waals surface area contributed by atoms with E-state index in [9.17, 15) is 0 Å². The monoisotopic (exact) mass is 124 g/mol. The zero-order chi connectivity index (χ0) is 3.54. The van der Waals surface area contributed by atoms with Crippen molar-refractivity contribution in [1.82, 2.24) is 0 Å². The standard InChI is InChI=1S/C3H6OS.H2S/c1-2-4-5-3-1;/h1-3H2;1H2. The van der Waals surface area contributed by atoms with Gasteiger partial charge in [0, 0.05) is 5.75 Å². The maximum Gasteiger partial charge on any atom is 0.0622 e. The quantitative estimate of drug-likeness (QED) is 0.448. The van der Waals surface area contributed by atoms with Crippen molar-refractivity contribution < 1.29 is 4.18 Å². The highest BCUT2D eigenvalue weighted by Crippen LogP contribution is 2.11. The Morgan fingerprint density at radius 1 is 1.50 bits per heavy atom. The maximum atomic E-state index is 4.86. The van der Waals surface area contributed by atoms with Crippen LogP contribution < -0.4 is 0 Å². The summed E-state index contributed by atoms with van der Waals surface area (Å²) in [6.07, 6.45) is 1.24. The summed E-state index contributed by atoms with van der Waals surface area (Å²) >= 11 is 1.57. The molecule has 0 saturated carbocycles. The number of rotatable bonds is 0. The van der Waals surface area contributed by atoms with E-state index in [1.54, 1.807) is 12.0 Å². The molecule has 1 heterocycles. The van der Waals surface area contributed by atoms with Gasteiger partial charge in [-0.15, -0.1) is 0 Å². The molecule has 0 N–H and O–H groups in total. The maximum absolute atomic E-state index is 4.86. The third kappa shape index (κ3) is 1.95. The van der Waals surface area contributed by atoms with Gasteiger partial charge in [0.15, 0.2) is 0 Å². The van der Waals surface area contributed by atoms with Crippen molar-refractivity contribution in [2.24, 2.45) is 0 Å². The molecule has 0 atom stereocenters. The lowest BCUT2D eigenvalue weighted by Gasteiger charge is -1.74. The van der Waals surface area contributed by atoms with Crippen LogP contribution >= 0.6 is 25.5 Å². The molecular weight excluding hydrogens is 116 g/mol. The van der Waals surface area contributed by atoms with Crippen molar-refractivity contribution in [3.63, 3.8) is 0 Å². The minimum absolute atomic E-state index is 0. The molecular formula is C3H8OS2. The molecule has 1 aliphatic rings. The van der Waals surface area contributed by atoms with Crippen molar-refractivity contribution in [3.05, 3.63) is 0 Å². The van der Waals surface area contributed by atoms with Gasteiger partial charge in [0.05, 0.1) is 6.61 Å². The third-order valence-corrected chi connectivity index (χ3v) is 1.33. The third-order valence-electron chi connectivity index (χ3n) is 0.539. The Bertz CT molecular complexity index is 20.4. The molecule has 1 nitrogen and oxygen atoms in total. The van der Waals surface area contributed by atoms with Gasteiger partial charge in [-0.05, 0) is 18.5 Å². The second-order valence-corrected chi connectivity index (χ2v) is 1.88. The topological polar surface area (TPSA) is 9.23 Å². The van der Waals surface area contributed by atoms with Gasteiger partial charge in [-0.3, -0.25) is 0 Å². The molecule has 0 spiro atoms. The Balaban J connectivity index is 0.000000250. The second kappa shape index (κ2) is 3.84. The molecule has 0 aromatic heterocycles. The Morgan fingerprint density at radius 2 is 2.33 bits per heavy atom. The highest BCUT2D eigenvalue weighted by molar-refractivity contribution is 7.94. The van der Waals surface area contributed by atoms with Crippen molar-refractivity contribution in [3.8, 4) is 0 Å². The summed E-state index contributed by atoms with van der Waals surface area (Å²) in [7, 11) is 0. The highest BCUT2D eigenvalue weighted by atomic mass is 32.2. The zero-order valence-corrected chi connectivity index (χ0v) is 5.25. The van der Waals surface area contributed by atoms with Gasteiger partial charge >= 0.3 is 0 Å². The fourth-order valence-electron chi connectivity index (χ4n) is 0.295. The Hall–Kier alpha value is 0.660. The van der Waals surface area contributed by atoms with Crippen molar-refractivity contribution in [1.29, 1.82) is 0 Å². The SMILES string of the molecule is C1COSC1.S. The van der Waals surface area contributed by atoms with Crippen LogP contribution in [0, 0.1) is 0 Å². The fraction of sp³-hybridized carbons (Fsp3) is 1.00. The molecule has 1 aliphatic heterocycles. The van der Waals surface area contributed by atoms with Crippen LogP contribution in [-0.4, -0.2) is 12.4 Å². The summed E-state index contributed by atoms with van der Waals surface area (Å²) in [5.74, 6) is 1.19. The van der Waals surface area contributed by atoms with Gasteiger partial charge in [0.25, 0.3) is 0 Å². The molecule has 0 aromatic carbocycles. The van der Waals surface area contributed by atoms with E-state index < -0.39 is 0 Å². The van der Waals surface area contributed by atoms with Gasteiger partial charge in [-0.25, -0.2) is 0 Å². The summed E-state index contributed by atoms with van der Waals surface area (Å²) in [6.45, 7) is 0.963. The molecule has 0 aliphatic carbocycles. The van der Waals surface area contributed by atoms with Crippen LogP contribution in [0.2, 0.25) is 0 Å². The largest absolute Gasteiger partial charge is 0.315 e. The first-order valence-electron chi connectivity index (χ1n) is 1.74. The molecule has 3 heteroatoms. The normalized spacial score (nSPS) is 20.0. The lowest BCUT2D eigenvalue weighted by atomic mass is 10.5. The van der Waals surface area contributed by atoms with Gasteiger partial charge < -0.3 is 4.18 Å². The van der Waals surface area contributed by atoms with Gasteiger partial charge in [-0.1, -0.05) is 0 Å². The van der Waals surface area contributed by atoms with Crippen LogP contribution in [-0.2, 0) is 4.18 Å². The van der Waals surface area contributed by atoms with Crippen molar-refractivity contribution >= 4 is 25.5 Å². The van der Waals surface area contributed by atoms with Gasteiger partial charge in [0.1, 0.15) is 0 Å². The van der Waals surface area contributed by atoms with E-state index in [0.717, 1.165) is 6.61 Å². The molecule has 6 heavy (non-hydrogen) atoms. The summed E-state index contributed by atoms with van der Waals surface area (Å²) in [5, 5.41) is 0. The molecule has 1 saturated heterocycles. The first-order chi connectivity index (χ1) is 2.50. The van der Waals surface area contributed by atoms with Crippen LogP contribution in [0.4, 0.5) is 0 Å². The minimum atomic E-state index is 0. The average molecular weight is 124 g/mol. The van der Waals surface area contributed by atoms with E-state index in [4.69, 9.17) is 4.18 Å². The Labute approximate surface area is 49.1 Å². The zero-order valence-electron chi connectivity index (χ0n) is 3.44. The smallest absolute Gasteiger partial charge is 0.0622 e. The molecule has 0 amide bonds. The summed E-state index contributed by atoms with van der Waals surface area (Å²) in [6, 6.07) is 0. The van der Waals surface area contributed by atoms with Crippen molar-refractivity contribution in [2.75, 3.05) is 12.4 Å². The van der Waals surface area contributed by atoms with Crippen LogP contribution in [0.5, 0.6) is 0 Å². The predicted molar refractivity (Wildman–Crippen MR) is 33.4 cm³/mol. The lowest BCUT2D eigenvalue weighted by Crippen LogP contribution is -1.69. The van der Waals surface area contributed by atoms with Gasteiger partial charge in [-0.2, -0.15) is 13.5 Å². The molecule has 38 valence electrons. The van der Waals surface area contributed by atoms with E-state index in [1.807, 2.05) is 0 Å². The van der Waals surface area contributed by atoms with Crippen LogP contribution in [0.15, 0.2) is 0 Å². The van der Waals surface area contributed by atoms with Gasteiger partial charge in [0.2, 0.25) is 0 Å². The summed E-state index contributed by atoms with van der Waals surface area (Å²) in [4.78, 5) is 0. The molecule has 0 bridgehead atoms. The van der Waals surface area contributed by atoms with Crippen LogP contribution in [0.1, 0.15) is 6.42 Å². The number of hydrogen-bond acceptors (Lipinski definition) is 2. The molecule has 0 radical (unpaired) electrons. The van der Waals surface area contributed by atoms with E-state index in [2.05, 4.69) is 0 Å². The number of hydrogen-bond donors (Lipinski definition) is 0. The summed E-state index contributed by atoms with van der Waals surface area (Å²) in [5.41, 5.74) is 0. The summed E-state index contributed by atoms with van der Waals surface area (Å²) < 4.78 is 4.86. The van der Waals surface area contributed by atoms with E-state index in [-0.39, 0.29) is 13.5 Å². The first kappa shape index (κ1) is 6.66. The molecule has 1 fully saturated rings. The van der Waals surface area contributed by atoms with E-state index in [1.165, 1.54) is 12.2 Å². The molecule has 0 unspecified atom stereocenters.